The Morgan fingerprint density at radius 2 is 1.77 bits per heavy atom. The van der Waals surface area contributed by atoms with Crippen molar-refractivity contribution in [2.45, 2.75) is 39.5 Å². The van der Waals surface area contributed by atoms with Crippen LogP contribution >= 0.6 is 24.0 Å². The summed E-state index contributed by atoms with van der Waals surface area (Å²) in [6.45, 7) is 7.90. The van der Waals surface area contributed by atoms with Gasteiger partial charge in [-0.3, -0.25) is 4.79 Å². The Bertz CT molecular complexity index is 1070. The molecule has 0 spiro atoms. The van der Waals surface area contributed by atoms with Crippen molar-refractivity contribution in [1.82, 2.24) is 15.1 Å². The molecule has 5 nitrogen and oxygen atoms in total. The fourth-order valence-electron chi connectivity index (χ4n) is 4.19. The van der Waals surface area contributed by atoms with E-state index in [4.69, 9.17) is 11.6 Å². The molecule has 3 aromatic rings. The zero-order chi connectivity index (χ0) is 21.3. The van der Waals surface area contributed by atoms with Gasteiger partial charge in [-0.25, -0.2) is 4.68 Å². The number of hydrogen-bond donors (Lipinski definition) is 2. The zero-order valence-electron chi connectivity index (χ0n) is 18.0. The highest BCUT2D eigenvalue weighted by Gasteiger charge is 2.27. The molecule has 7 heteroatoms. The van der Waals surface area contributed by atoms with Crippen LogP contribution in [0.4, 0.5) is 5.69 Å². The SMILES string of the molecule is Cc1cc(C)cc(NC(=O)c2cnn(-c3ccc(C)c(Cl)c3)c2C2CCNCC2)c1.Cl. The van der Waals surface area contributed by atoms with E-state index in [0.29, 0.717) is 10.6 Å². The van der Waals surface area contributed by atoms with Crippen LogP contribution in [0.1, 0.15) is 51.5 Å². The van der Waals surface area contributed by atoms with Crippen molar-refractivity contribution in [2.24, 2.45) is 0 Å². The lowest BCUT2D eigenvalue weighted by Crippen LogP contribution is -2.29. The number of hydrogen-bond acceptors (Lipinski definition) is 3. The topological polar surface area (TPSA) is 59.0 Å². The maximum atomic E-state index is 13.3. The number of halogens is 2. The van der Waals surface area contributed by atoms with Gasteiger partial charge in [0.1, 0.15) is 0 Å². The van der Waals surface area contributed by atoms with Crippen molar-refractivity contribution in [2.75, 3.05) is 18.4 Å². The highest BCUT2D eigenvalue weighted by atomic mass is 35.5. The molecule has 1 aliphatic heterocycles. The standard InChI is InChI=1S/C24H27ClN4O.ClH/c1-15-10-16(2)12-19(11-15)28-24(30)21-14-27-29(20-5-4-17(3)22(25)13-20)23(21)18-6-8-26-9-7-18;/h4-5,10-14,18,26H,6-9H2,1-3H3,(H,28,30);1H. The van der Waals surface area contributed by atoms with Crippen molar-refractivity contribution >= 4 is 35.6 Å². The minimum absolute atomic E-state index is 0. The van der Waals surface area contributed by atoms with E-state index < -0.39 is 0 Å². The minimum Gasteiger partial charge on any atom is -0.322 e. The highest BCUT2D eigenvalue weighted by Crippen LogP contribution is 2.32. The van der Waals surface area contributed by atoms with Gasteiger partial charge in [-0.05, 0) is 87.7 Å². The van der Waals surface area contributed by atoms with Crippen molar-refractivity contribution in [1.29, 1.82) is 0 Å². The average molecular weight is 459 g/mol. The molecule has 164 valence electrons. The fourth-order valence-corrected chi connectivity index (χ4v) is 4.36. The van der Waals surface area contributed by atoms with Crippen LogP contribution < -0.4 is 10.6 Å². The van der Waals surface area contributed by atoms with Gasteiger partial charge in [0, 0.05) is 16.6 Å². The third-order valence-corrected chi connectivity index (χ3v) is 6.06. The van der Waals surface area contributed by atoms with Gasteiger partial charge in [0.15, 0.2) is 0 Å². The van der Waals surface area contributed by atoms with Gasteiger partial charge in [0.05, 0.1) is 23.1 Å². The summed E-state index contributed by atoms with van der Waals surface area (Å²) < 4.78 is 1.89. The fraction of sp³-hybridized carbons (Fsp3) is 0.333. The lowest BCUT2D eigenvalue weighted by Gasteiger charge is -2.25. The van der Waals surface area contributed by atoms with Crippen LogP contribution in [0, 0.1) is 20.8 Å². The molecular weight excluding hydrogens is 431 g/mol. The molecule has 2 N–H and O–H groups in total. The van der Waals surface area contributed by atoms with Crippen molar-refractivity contribution < 1.29 is 4.79 Å². The summed E-state index contributed by atoms with van der Waals surface area (Å²) in [5, 5.41) is 11.8. The highest BCUT2D eigenvalue weighted by molar-refractivity contribution is 6.31. The number of nitrogens with zero attached hydrogens (tertiary/aromatic N) is 2. The summed E-state index contributed by atoms with van der Waals surface area (Å²) in [4.78, 5) is 13.3. The maximum absolute atomic E-state index is 13.3. The molecule has 4 rings (SSSR count). The number of rotatable bonds is 4. The second-order valence-electron chi connectivity index (χ2n) is 8.14. The molecule has 31 heavy (non-hydrogen) atoms. The van der Waals surface area contributed by atoms with E-state index in [1.807, 2.05) is 55.8 Å². The summed E-state index contributed by atoms with van der Waals surface area (Å²) in [6, 6.07) is 12.0. The summed E-state index contributed by atoms with van der Waals surface area (Å²) in [5.41, 5.74) is 6.52. The van der Waals surface area contributed by atoms with Crippen molar-refractivity contribution in [3.8, 4) is 5.69 Å². The van der Waals surface area contributed by atoms with Gasteiger partial charge in [-0.1, -0.05) is 23.7 Å². The predicted molar refractivity (Wildman–Crippen MR) is 129 cm³/mol. The molecule has 0 saturated carbocycles. The van der Waals surface area contributed by atoms with E-state index in [1.165, 1.54) is 0 Å². The van der Waals surface area contributed by atoms with E-state index in [0.717, 1.165) is 59.7 Å². The Balaban J connectivity index is 0.00000272. The van der Waals surface area contributed by atoms with Crippen LogP contribution in [0.25, 0.3) is 5.69 Å². The average Bonchev–Trinajstić information content (AvgIpc) is 3.15. The number of carbonyl (C=O) groups is 1. The number of aryl methyl sites for hydroxylation is 3. The minimum atomic E-state index is -0.127. The largest absolute Gasteiger partial charge is 0.322 e. The Morgan fingerprint density at radius 3 is 2.42 bits per heavy atom. The molecule has 0 bridgehead atoms. The maximum Gasteiger partial charge on any atom is 0.259 e. The van der Waals surface area contributed by atoms with Crippen LogP contribution in [0.5, 0.6) is 0 Å². The lowest BCUT2D eigenvalue weighted by atomic mass is 9.91. The number of aromatic nitrogens is 2. The molecule has 0 unspecified atom stereocenters. The number of anilines is 1. The van der Waals surface area contributed by atoms with Crippen LogP contribution in [0.15, 0.2) is 42.6 Å². The first-order valence-electron chi connectivity index (χ1n) is 10.4. The summed E-state index contributed by atoms with van der Waals surface area (Å²) in [5.74, 6) is 0.131. The van der Waals surface area contributed by atoms with Crippen LogP contribution in [0.3, 0.4) is 0 Å². The number of nitrogens with one attached hydrogen (secondary N) is 2. The first-order valence-corrected chi connectivity index (χ1v) is 10.7. The number of amides is 1. The summed E-state index contributed by atoms with van der Waals surface area (Å²) in [7, 11) is 0. The van der Waals surface area contributed by atoms with Crippen molar-refractivity contribution in [3.63, 3.8) is 0 Å². The molecule has 2 heterocycles. The van der Waals surface area contributed by atoms with Gasteiger partial charge < -0.3 is 10.6 Å². The second-order valence-corrected chi connectivity index (χ2v) is 8.55. The molecule has 1 aromatic heterocycles. The number of carbonyl (C=O) groups excluding carboxylic acids is 1. The summed E-state index contributed by atoms with van der Waals surface area (Å²) in [6.07, 6.45) is 3.62. The Hall–Kier alpha value is -2.34. The molecular formula is C24H28Cl2N4O. The van der Waals surface area contributed by atoms with Crippen LogP contribution in [-0.4, -0.2) is 28.8 Å². The Labute approximate surface area is 194 Å². The molecule has 0 aliphatic carbocycles. The van der Waals surface area contributed by atoms with E-state index in [2.05, 4.69) is 21.8 Å². The molecule has 1 saturated heterocycles. The predicted octanol–water partition coefficient (Wildman–Crippen LogP) is 5.59. The smallest absolute Gasteiger partial charge is 0.259 e. The second kappa shape index (κ2) is 9.86. The zero-order valence-corrected chi connectivity index (χ0v) is 19.6. The molecule has 1 aliphatic rings. The first-order chi connectivity index (χ1) is 14.4. The third kappa shape index (κ3) is 5.12. The summed E-state index contributed by atoms with van der Waals surface area (Å²) >= 11 is 6.38. The lowest BCUT2D eigenvalue weighted by molar-refractivity contribution is 0.102. The normalized spacial score (nSPS) is 14.2. The van der Waals surface area contributed by atoms with E-state index >= 15 is 0 Å². The van der Waals surface area contributed by atoms with Crippen molar-refractivity contribution in [3.05, 3.63) is 75.6 Å². The van der Waals surface area contributed by atoms with E-state index in [9.17, 15) is 4.79 Å². The van der Waals surface area contributed by atoms with Gasteiger partial charge in [0.2, 0.25) is 0 Å². The number of piperidine rings is 1. The van der Waals surface area contributed by atoms with Gasteiger partial charge >= 0.3 is 0 Å². The van der Waals surface area contributed by atoms with Crippen LogP contribution in [0.2, 0.25) is 5.02 Å². The molecule has 0 radical (unpaired) electrons. The molecule has 1 amide bonds. The van der Waals surface area contributed by atoms with Gasteiger partial charge in [-0.15, -0.1) is 12.4 Å². The monoisotopic (exact) mass is 458 g/mol. The Kier molecular flexibility index (Phi) is 7.42. The number of benzene rings is 2. The first kappa shape index (κ1) is 23.3. The molecule has 0 atom stereocenters. The van der Waals surface area contributed by atoms with Crippen LogP contribution in [-0.2, 0) is 0 Å². The van der Waals surface area contributed by atoms with E-state index in [1.54, 1.807) is 6.20 Å². The third-order valence-electron chi connectivity index (χ3n) is 5.66. The quantitative estimate of drug-likeness (QED) is 0.535. The Morgan fingerprint density at radius 1 is 1.10 bits per heavy atom. The van der Waals surface area contributed by atoms with E-state index in [-0.39, 0.29) is 24.2 Å². The molecule has 1 fully saturated rings. The van der Waals surface area contributed by atoms with Gasteiger partial charge in [0.25, 0.3) is 5.91 Å². The molecule has 2 aromatic carbocycles. The van der Waals surface area contributed by atoms with Gasteiger partial charge in [-0.2, -0.15) is 5.10 Å².